The minimum Gasteiger partial charge on any atom is -0.481 e. The van der Waals surface area contributed by atoms with Gasteiger partial charge < -0.3 is 19.4 Å². The number of ether oxygens (including phenoxy) is 1. The molecule has 0 fully saturated rings. The quantitative estimate of drug-likeness (QED) is 0.208. The molecule has 0 radical (unpaired) electrons. The fourth-order valence-electron chi connectivity index (χ4n) is 4.24. The van der Waals surface area contributed by atoms with E-state index in [-0.39, 0.29) is 53.5 Å². The summed E-state index contributed by atoms with van der Waals surface area (Å²) < 4.78 is 12.7. The lowest BCUT2D eigenvalue weighted by Crippen LogP contribution is -2.50. The molecular formula is C25H46O6Si. The molecule has 7 heteroatoms. The van der Waals surface area contributed by atoms with Crippen LogP contribution in [-0.4, -0.2) is 48.8 Å². The van der Waals surface area contributed by atoms with Crippen molar-refractivity contribution in [2.75, 3.05) is 0 Å². The van der Waals surface area contributed by atoms with E-state index < -0.39 is 14.3 Å². The third kappa shape index (κ3) is 8.63. The molecule has 0 unspecified atom stereocenters. The van der Waals surface area contributed by atoms with Gasteiger partial charge in [0.2, 0.25) is 0 Å². The number of carbonyl (C=O) groups excluding carboxylic acids is 1. The maximum atomic E-state index is 11.9. The van der Waals surface area contributed by atoms with Crippen molar-refractivity contribution in [2.24, 2.45) is 17.8 Å². The number of rotatable bonds is 13. The van der Waals surface area contributed by atoms with Crippen molar-refractivity contribution in [1.29, 1.82) is 0 Å². The first kappa shape index (κ1) is 28.8. The maximum absolute atomic E-state index is 11.9. The number of carboxylic acid groups (broad SMARTS) is 1. The van der Waals surface area contributed by atoms with Crippen LogP contribution in [0.2, 0.25) is 18.1 Å². The van der Waals surface area contributed by atoms with Gasteiger partial charge in [0.15, 0.2) is 8.32 Å². The molecule has 0 heterocycles. The molecule has 0 aromatic heterocycles. The number of allylic oxidation sites excluding steroid dienone is 2. The van der Waals surface area contributed by atoms with Crippen molar-refractivity contribution >= 4 is 20.3 Å². The molecule has 1 aliphatic carbocycles. The number of carbonyl (C=O) groups is 2. The highest BCUT2D eigenvalue weighted by Gasteiger charge is 2.46. The van der Waals surface area contributed by atoms with Crippen LogP contribution >= 0.6 is 0 Å². The molecule has 0 aliphatic heterocycles. The molecule has 2 N–H and O–H groups in total. The van der Waals surface area contributed by atoms with E-state index in [0.717, 1.165) is 12.8 Å². The average Bonchev–Trinajstić information content (AvgIpc) is 3.10. The molecule has 0 spiro atoms. The van der Waals surface area contributed by atoms with Crippen LogP contribution in [0.25, 0.3) is 0 Å². The van der Waals surface area contributed by atoms with Crippen LogP contribution in [-0.2, 0) is 18.8 Å². The molecule has 0 saturated heterocycles. The van der Waals surface area contributed by atoms with E-state index in [9.17, 15) is 19.8 Å². The van der Waals surface area contributed by atoms with E-state index >= 15 is 0 Å². The number of aliphatic hydroxyl groups excluding tert-OH is 1. The molecule has 0 saturated carbocycles. The lowest BCUT2D eigenvalue weighted by Gasteiger charge is -2.45. The minimum absolute atomic E-state index is 0.00145. The van der Waals surface area contributed by atoms with Gasteiger partial charge in [-0.25, -0.2) is 0 Å². The van der Waals surface area contributed by atoms with Gasteiger partial charge in [-0.1, -0.05) is 46.8 Å². The largest absolute Gasteiger partial charge is 0.481 e. The standard InChI is InChI=1S/C25H46O6Si/c1-9-20(27)13-11-15-22(30-18(3)26)17(2)24(31-32(7,8)25(4,5)6)21-14-10-12-19(21)16-23(28)29/h10,12,17,19-22,24,27H,9,11,13-16H2,1-8H3,(H,28,29)/t17-,19+,20+,21+,22+,24+/m1/s1. The first-order valence-corrected chi connectivity index (χ1v) is 15.0. The van der Waals surface area contributed by atoms with E-state index in [1.165, 1.54) is 6.92 Å². The van der Waals surface area contributed by atoms with Crippen molar-refractivity contribution in [2.45, 2.75) is 117 Å². The van der Waals surface area contributed by atoms with Crippen molar-refractivity contribution in [1.82, 2.24) is 0 Å². The zero-order chi connectivity index (χ0) is 24.7. The Labute approximate surface area is 195 Å². The highest BCUT2D eigenvalue weighted by molar-refractivity contribution is 6.74. The molecular weight excluding hydrogens is 424 g/mol. The molecule has 0 bridgehead atoms. The zero-order valence-electron chi connectivity index (χ0n) is 21.4. The van der Waals surface area contributed by atoms with Crippen LogP contribution in [0.5, 0.6) is 0 Å². The third-order valence-electron chi connectivity index (χ3n) is 7.33. The van der Waals surface area contributed by atoms with E-state index in [2.05, 4.69) is 46.9 Å². The van der Waals surface area contributed by atoms with Crippen LogP contribution in [0.15, 0.2) is 12.2 Å². The van der Waals surface area contributed by atoms with E-state index in [1.807, 2.05) is 13.0 Å². The fraction of sp³-hybridized carbons (Fsp3) is 0.840. The number of carboxylic acids is 1. The van der Waals surface area contributed by atoms with Crippen molar-refractivity contribution < 1.29 is 29.0 Å². The smallest absolute Gasteiger partial charge is 0.303 e. The van der Waals surface area contributed by atoms with Gasteiger partial charge in [0.1, 0.15) is 6.10 Å². The summed E-state index contributed by atoms with van der Waals surface area (Å²) in [6.07, 6.45) is 6.79. The predicted octanol–water partition coefficient (Wildman–Crippen LogP) is 5.55. The number of aliphatic hydroxyl groups is 1. The van der Waals surface area contributed by atoms with E-state index in [0.29, 0.717) is 19.3 Å². The van der Waals surface area contributed by atoms with Crippen LogP contribution in [0.3, 0.4) is 0 Å². The second kappa shape index (κ2) is 12.3. The average molecular weight is 471 g/mol. The second-order valence-electron chi connectivity index (χ2n) is 10.9. The van der Waals surface area contributed by atoms with E-state index in [4.69, 9.17) is 9.16 Å². The van der Waals surface area contributed by atoms with Crippen LogP contribution in [0.1, 0.15) is 80.1 Å². The summed E-state index contributed by atoms with van der Waals surface area (Å²) in [5.41, 5.74) is 0. The molecule has 1 aliphatic rings. The summed E-state index contributed by atoms with van der Waals surface area (Å²) >= 11 is 0. The van der Waals surface area contributed by atoms with Crippen molar-refractivity contribution in [3.63, 3.8) is 0 Å². The Morgan fingerprint density at radius 1 is 1.22 bits per heavy atom. The molecule has 1 rings (SSSR count). The fourth-order valence-corrected chi connectivity index (χ4v) is 5.66. The lowest BCUT2D eigenvalue weighted by molar-refractivity contribution is -0.152. The minimum atomic E-state index is -2.16. The number of esters is 1. The summed E-state index contributed by atoms with van der Waals surface area (Å²) in [4.78, 5) is 23.4. The Balaban J connectivity index is 3.20. The SMILES string of the molecule is CC[C@H](O)CCC[C@H](OC(C)=O)[C@@H](C)[C@H](O[Si](C)(C)C(C)(C)C)[C@H]1CC=C[C@H]1CC(=O)O. The van der Waals surface area contributed by atoms with Crippen molar-refractivity contribution in [3.8, 4) is 0 Å². The lowest BCUT2D eigenvalue weighted by atomic mass is 9.79. The molecule has 0 amide bonds. The van der Waals surface area contributed by atoms with Gasteiger partial charge in [-0.3, -0.25) is 9.59 Å². The predicted molar refractivity (Wildman–Crippen MR) is 130 cm³/mol. The van der Waals surface area contributed by atoms with Crippen LogP contribution in [0.4, 0.5) is 0 Å². The Morgan fingerprint density at radius 2 is 1.84 bits per heavy atom. The maximum Gasteiger partial charge on any atom is 0.303 e. The highest BCUT2D eigenvalue weighted by atomic mass is 28.4. The zero-order valence-corrected chi connectivity index (χ0v) is 22.4. The molecule has 32 heavy (non-hydrogen) atoms. The monoisotopic (exact) mass is 470 g/mol. The third-order valence-corrected chi connectivity index (χ3v) is 11.8. The normalized spacial score (nSPS) is 22.9. The highest BCUT2D eigenvalue weighted by Crippen LogP contribution is 2.43. The van der Waals surface area contributed by atoms with Gasteiger partial charge in [0.25, 0.3) is 0 Å². The first-order chi connectivity index (χ1) is 14.7. The summed E-state index contributed by atoms with van der Waals surface area (Å²) in [5.74, 6) is -1.28. The molecule has 6 nitrogen and oxygen atoms in total. The Bertz CT molecular complexity index is 639. The van der Waals surface area contributed by atoms with Crippen molar-refractivity contribution in [3.05, 3.63) is 12.2 Å². The molecule has 6 atom stereocenters. The van der Waals surface area contributed by atoms with Crippen LogP contribution < -0.4 is 0 Å². The summed E-state index contributed by atoms with van der Waals surface area (Å²) in [5, 5.41) is 19.4. The first-order valence-electron chi connectivity index (χ1n) is 12.1. The van der Waals surface area contributed by atoms with Gasteiger partial charge in [0.05, 0.1) is 18.6 Å². The van der Waals surface area contributed by atoms with E-state index in [1.54, 1.807) is 0 Å². The van der Waals surface area contributed by atoms with Gasteiger partial charge in [-0.2, -0.15) is 0 Å². The summed E-state index contributed by atoms with van der Waals surface area (Å²) in [6, 6.07) is 0. The number of hydrogen-bond acceptors (Lipinski definition) is 5. The Morgan fingerprint density at radius 3 is 2.34 bits per heavy atom. The molecule has 186 valence electrons. The summed E-state index contributed by atoms with van der Waals surface area (Å²) in [6.45, 7) is 16.4. The second-order valence-corrected chi connectivity index (χ2v) is 15.7. The molecule has 0 aromatic rings. The van der Waals surface area contributed by atoms with Crippen LogP contribution in [0, 0.1) is 17.8 Å². The van der Waals surface area contributed by atoms with Gasteiger partial charge in [0, 0.05) is 12.8 Å². The molecule has 0 aromatic carbocycles. The Kier molecular flexibility index (Phi) is 11.1. The van der Waals surface area contributed by atoms with Gasteiger partial charge >= 0.3 is 11.9 Å². The van der Waals surface area contributed by atoms with Gasteiger partial charge in [-0.05, 0) is 62.1 Å². The summed E-state index contributed by atoms with van der Waals surface area (Å²) in [7, 11) is -2.16. The van der Waals surface area contributed by atoms with Gasteiger partial charge in [-0.15, -0.1) is 0 Å². The topological polar surface area (TPSA) is 93.1 Å². The Hall–Kier alpha value is -1.18. The number of hydrogen-bond donors (Lipinski definition) is 2. The number of aliphatic carboxylic acids is 1.